The van der Waals surface area contributed by atoms with Gasteiger partial charge in [0.15, 0.2) is 0 Å². The van der Waals surface area contributed by atoms with Gasteiger partial charge in [-0.2, -0.15) is 0 Å². The van der Waals surface area contributed by atoms with Gasteiger partial charge in [-0.25, -0.2) is 4.39 Å². The van der Waals surface area contributed by atoms with Gasteiger partial charge in [0.05, 0.1) is 0 Å². The van der Waals surface area contributed by atoms with Gasteiger partial charge in [-0.05, 0) is 24.6 Å². The van der Waals surface area contributed by atoms with Crippen LogP contribution in [-0.2, 0) is 4.79 Å². The maximum atomic E-state index is 12.6. The molecule has 0 saturated heterocycles. The summed E-state index contributed by atoms with van der Waals surface area (Å²) in [7, 11) is 0. The first kappa shape index (κ1) is 7.72. The average Bonchev–Trinajstić information content (AvgIpc) is 2.15. The summed E-state index contributed by atoms with van der Waals surface area (Å²) < 4.78 is 12.6. The summed E-state index contributed by atoms with van der Waals surface area (Å²) in [6.07, 6.45) is 7.24. The van der Waals surface area contributed by atoms with Crippen LogP contribution in [0.4, 0.5) is 4.39 Å². The lowest BCUT2D eigenvalue weighted by molar-refractivity contribution is -0.108. The second-order valence-electron chi connectivity index (χ2n) is 2.09. The molecule has 0 aliphatic heterocycles. The molecule has 0 spiro atoms. The number of rotatable bonds is 2. The lowest BCUT2D eigenvalue weighted by Gasteiger charge is -1.94. The lowest BCUT2D eigenvalue weighted by Crippen LogP contribution is -2.07. The first-order valence-corrected chi connectivity index (χ1v) is 3.27. The minimum Gasteiger partial charge on any atom is -0.329 e. The van der Waals surface area contributed by atoms with Crippen molar-refractivity contribution in [1.29, 1.82) is 0 Å². The van der Waals surface area contributed by atoms with Crippen molar-refractivity contribution < 1.29 is 9.18 Å². The number of carbonyl (C=O) groups is 1. The van der Waals surface area contributed by atoms with Crippen LogP contribution in [0.3, 0.4) is 0 Å². The van der Waals surface area contributed by atoms with Crippen LogP contribution >= 0.6 is 0 Å². The fraction of sp³-hybridized carbons (Fsp3) is 0.125. The molecule has 1 aliphatic rings. The summed E-state index contributed by atoms with van der Waals surface area (Å²) in [6, 6.07) is 0. The summed E-state index contributed by atoms with van der Waals surface area (Å²) in [5, 5.41) is 2.37. The third kappa shape index (κ3) is 2.37. The molecule has 1 aliphatic carbocycles. The van der Waals surface area contributed by atoms with E-state index in [1.165, 1.54) is 12.2 Å². The van der Waals surface area contributed by atoms with Crippen molar-refractivity contribution in [2.24, 2.45) is 0 Å². The number of hydrogen-bond donors (Lipinski definition) is 1. The second-order valence-corrected chi connectivity index (χ2v) is 2.09. The Kier molecular flexibility index (Phi) is 2.60. The van der Waals surface area contributed by atoms with Crippen LogP contribution in [0.2, 0.25) is 0 Å². The van der Waals surface area contributed by atoms with E-state index in [9.17, 15) is 9.18 Å². The Morgan fingerprint density at radius 1 is 1.64 bits per heavy atom. The first-order valence-electron chi connectivity index (χ1n) is 3.27. The van der Waals surface area contributed by atoms with E-state index in [4.69, 9.17) is 0 Å². The van der Waals surface area contributed by atoms with Crippen molar-refractivity contribution in [3.8, 4) is 0 Å². The van der Waals surface area contributed by atoms with Gasteiger partial charge < -0.3 is 5.32 Å². The molecule has 58 valence electrons. The Hall–Kier alpha value is -1.38. The van der Waals surface area contributed by atoms with Gasteiger partial charge in [0, 0.05) is 5.70 Å². The number of amides is 1. The fourth-order valence-electron chi connectivity index (χ4n) is 0.789. The predicted octanol–water partition coefficient (Wildman–Crippen LogP) is 1.43. The Bertz CT molecular complexity index is 240. The maximum Gasteiger partial charge on any atom is 0.211 e. The lowest BCUT2D eigenvalue weighted by atomic mass is 10.3. The highest BCUT2D eigenvalue weighted by Gasteiger charge is 1.96. The van der Waals surface area contributed by atoms with Crippen LogP contribution in [0.25, 0.3) is 0 Å². The smallest absolute Gasteiger partial charge is 0.211 e. The highest BCUT2D eigenvalue weighted by molar-refractivity contribution is 5.52. The van der Waals surface area contributed by atoms with E-state index >= 15 is 0 Å². The minimum atomic E-state index is -0.320. The average molecular weight is 153 g/mol. The zero-order chi connectivity index (χ0) is 8.10. The number of allylic oxidation sites excluding steroid dienone is 5. The molecule has 0 unspecified atom stereocenters. The van der Waals surface area contributed by atoms with E-state index in [-0.39, 0.29) is 5.83 Å². The highest BCUT2D eigenvalue weighted by Crippen LogP contribution is 2.09. The van der Waals surface area contributed by atoms with E-state index in [1.54, 1.807) is 12.2 Å². The SMILES string of the molecule is O=CNC1=CC(F)=CCC=C1. The van der Waals surface area contributed by atoms with Crippen LogP contribution in [-0.4, -0.2) is 6.41 Å². The predicted molar refractivity (Wildman–Crippen MR) is 40.2 cm³/mol. The van der Waals surface area contributed by atoms with Crippen LogP contribution in [0.1, 0.15) is 6.42 Å². The van der Waals surface area contributed by atoms with E-state index < -0.39 is 0 Å². The molecule has 11 heavy (non-hydrogen) atoms. The molecule has 0 saturated carbocycles. The van der Waals surface area contributed by atoms with E-state index in [0.29, 0.717) is 18.5 Å². The topological polar surface area (TPSA) is 29.1 Å². The molecule has 0 atom stereocenters. The summed E-state index contributed by atoms with van der Waals surface area (Å²) in [5.74, 6) is -0.320. The quantitative estimate of drug-likeness (QED) is 0.597. The van der Waals surface area contributed by atoms with E-state index in [1.807, 2.05) is 0 Å². The number of halogens is 1. The first-order chi connectivity index (χ1) is 5.33. The molecule has 0 aromatic rings. The van der Waals surface area contributed by atoms with Gasteiger partial charge in [0.25, 0.3) is 0 Å². The standard InChI is InChI=1S/C8H8FNO/c9-7-3-1-2-4-8(5-7)10-6-11/h2-6H,1H2,(H,10,11). The van der Waals surface area contributed by atoms with Crippen molar-refractivity contribution in [1.82, 2.24) is 5.32 Å². The molecule has 0 bridgehead atoms. The summed E-state index contributed by atoms with van der Waals surface area (Å²) >= 11 is 0. The van der Waals surface area contributed by atoms with E-state index in [0.717, 1.165) is 0 Å². The Balaban J connectivity index is 2.75. The van der Waals surface area contributed by atoms with Gasteiger partial charge in [-0.1, -0.05) is 6.08 Å². The van der Waals surface area contributed by atoms with Gasteiger partial charge in [0.2, 0.25) is 6.41 Å². The van der Waals surface area contributed by atoms with Gasteiger partial charge >= 0.3 is 0 Å². The molecular weight excluding hydrogens is 145 g/mol. The molecule has 3 heteroatoms. The second kappa shape index (κ2) is 3.71. The van der Waals surface area contributed by atoms with Crippen molar-refractivity contribution in [3.05, 3.63) is 35.8 Å². The summed E-state index contributed by atoms with van der Waals surface area (Å²) in [6.45, 7) is 0. The largest absolute Gasteiger partial charge is 0.329 e. The summed E-state index contributed by atoms with van der Waals surface area (Å²) in [5.41, 5.74) is 0.478. The van der Waals surface area contributed by atoms with Crippen molar-refractivity contribution in [2.75, 3.05) is 0 Å². The maximum absolute atomic E-state index is 12.6. The molecule has 1 amide bonds. The molecule has 0 aromatic carbocycles. The Morgan fingerprint density at radius 3 is 3.18 bits per heavy atom. The van der Waals surface area contributed by atoms with Crippen LogP contribution < -0.4 is 5.32 Å². The molecular formula is C8H8FNO. The Morgan fingerprint density at radius 2 is 2.45 bits per heavy atom. The minimum absolute atomic E-state index is 0.320. The number of nitrogens with one attached hydrogen (secondary N) is 1. The van der Waals surface area contributed by atoms with Gasteiger partial charge in [-0.15, -0.1) is 0 Å². The fourth-order valence-corrected chi connectivity index (χ4v) is 0.789. The third-order valence-corrected chi connectivity index (χ3v) is 1.27. The van der Waals surface area contributed by atoms with Crippen LogP contribution in [0.15, 0.2) is 35.8 Å². The highest BCUT2D eigenvalue weighted by atomic mass is 19.1. The molecule has 1 N–H and O–H groups in total. The zero-order valence-electron chi connectivity index (χ0n) is 5.88. The molecule has 0 fully saturated rings. The van der Waals surface area contributed by atoms with Gasteiger partial charge in [0.1, 0.15) is 5.83 Å². The zero-order valence-corrected chi connectivity index (χ0v) is 5.88. The van der Waals surface area contributed by atoms with E-state index in [2.05, 4.69) is 5.32 Å². The van der Waals surface area contributed by atoms with Gasteiger partial charge in [-0.3, -0.25) is 4.79 Å². The molecule has 2 nitrogen and oxygen atoms in total. The number of carbonyl (C=O) groups excluding carboxylic acids is 1. The normalized spacial score (nSPS) is 16.5. The molecule has 0 radical (unpaired) electrons. The molecule has 0 heterocycles. The number of hydrogen-bond acceptors (Lipinski definition) is 1. The Labute approximate surface area is 64.1 Å². The van der Waals surface area contributed by atoms with Crippen molar-refractivity contribution in [2.45, 2.75) is 6.42 Å². The van der Waals surface area contributed by atoms with Crippen LogP contribution in [0, 0.1) is 0 Å². The summed E-state index contributed by atoms with van der Waals surface area (Å²) in [4.78, 5) is 9.96. The van der Waals surface area contributed by atoms with Crippen LogP contribution in [0.5, 0.6) is 0 Å². The monoisotopic (exact) mass is 153 g/mol. The van der Waals surface area contributed by atoms with Crippen molar-refractivity contribution in [3.63, 3.8) is 0 Å². The molecule has 1 rings (SSSR count). The van der Waals surface area contributed by atoms with Crippen molar-refractivity contribution >= 4 is 6.41 Å². The molecule has 0 aromatic heterocycles. The third-order valence-electron chi connectivity index (χ3n) is 1.27.